The molecule has 6 N–H and O–H groups in total. The molecule has 11 nitrogen and oxygen atoms in total. The molecule has 0 spiro atoms. The third-order valence-electron chi connectivity index (χ3n) is 4.27. The Morgan fingerprint density at radius 3 is 2.38 bits per heavy atom. The minimum Gasteiger partial charge on any atom is -0.457 e. The van der Waals surface area contributed by atoms with Gasteiger partial charge in [0.2, 0.25) is 18.1 Å². The summed E-state index contributed by atoms with van der Waals surface area (Å²) in [5.41, 5.74) is 10.8. The number of ether oxygens (including phenoxy) is 1. The number of unbranched alkanes of at least 4 members (excludes halogenated alkanes) is 1. The molecule has 2 aromatic rings. The lowest BCUT2D eigenvalue weighted by atomic mass is 10.1. The Morgan fingerprint density at radius 2 is 1.78 bits per heavy atom. The zero-order chi connectivity index (χ0) is 23.6. The van der Waals surface area contributed by atoms with E-state index in [2.05, 4.69) is 10.3 Å². The van der Waals surface area contributed by atoms with Crippen LogP contribution in [0.25, 0.3) is 0 Å². The number of para-hydroxylation sites is 1. The molecule has 0 heterocycles. The standard InChI is InChI=1S/C20H24N6O5S/c21-13-5-4-8-18(19(27)25-20(23)24-14-22)26(28)32(29,30)17-11-9-16(10-12-17)31-15-6-2-1-3-7-15/h1-3,6-7,9-12,18,28H,4-5,8,13,21H2,(H3,23,24,25,27)/t18-/m1/s1. The number of nitrogens with one attached hydrogen (secondary N) is 1. The summed E-state index contributed by atoms with van der Waals surface area (Å²) >= 11 is 0. The molecule has 32 heavy (non-hydrogen) atoms. The van der Waals surface area contributed by atoms with Crippen molar-refractivity contribution in [3.05, 3.63) is 54.6 Å². The van der Waals surface area contributed by atoms with Gasteiger partial charge in [0.1, 0.15) is 17.5 Å². The van der Waals surface area contributed by atoms with E-state index >= 15 is 0 Å². The van der Waals surface area contributed by atoms with Crippen LogP contribution in [0.3, 0.4) is 0 Å². The maximum atomic E-state index is 12.9. The van der Waals surface area contributed by atoms with Crippen LogP contribution in [0.15, 0.2) is 64.5 Å². The molecule has 0 saturated carbocycles. The van der Waals surface area contributed by atoms with Crippen molar-refractivity contribution in [3.63, 3.8) is 0 Å². The van der Waals surface area contributed by atoms with E-state index in [1.165, 1.54) is 30.5 Å². The molecule has 0 saturated heterocycles. The van der Waals surface area contributed by atoms with E-state index in [9.17, 15) is 18.4 Å². The number of carbonyl (C=O) groups excluding carboxylic acids is 1. The van der Waals surface area contributed by atoms with Crippen molar-refractivity contribution in [1.82, 2.24) is 9.79 Å². The highest BCUT2D eigenvalue weighted by Gasteiger charge is 2.35. The lowest BCUT2D eigenvalue weighted by Gasteiger charge is -2.24. The van der Waals surface area contributed by atoms with Gasteiger partial charge in [0.25, 0.3) is 10.0 Å². The zero-order valence-electron chi connectivity index (χ0n) is 17.1. The number of benzene rings is 2. The highest BCUT2D eigenvalue weighted by atomic mass is 32.2. The number of nitrogens with two attached hydrogens (primary N) is 2. The van der Waals surface area contributed by atoms with E-state index in [4.69, 9.17) is 21.5 Å². The molecule has 0 radical (unpaired) electrons. The smallest absolute Gasteiger partial charge is 0.265 e. The van der Waals surface area contributed by atoms with Crippen molar-refractivity contribution in [2.75, 3.05) is 6.54 Å². The molecular formula is C20H24N6O5S. The minimum atomic E-state index is -4.46. The summed E-state index contributed by atoms with van der Waals surface area (Å²) in [6.07, 6.45) is 2.23. The Kier molecular flexibility index (Phi) is 9.11. The molecule has 0 aromatic heterocycles. The molecule has 170 valence electrons. The molecule has 1 atom stereocenters. The maximum Gasteiger partial charge on any atom is 0.265 e. The summed E-state index contributed by atoms with van der Waals surface area (Å²) in [5, 5.41) is 21.1. The van der Waals surface area contributed by atoms with E-state index in [-0.39, 0.29) is 15.8 Å². The van der Waals surface area contributed by atoms with E-state index in [0.717, 1.165) is 0 Å². The third kappa shape index (κ3) is 6.76. The van der Waals surface area contributed by atoms with Gasteiger partial charge in [-0.15, -0.1) is 4.99 Å². The first-order valence-electron chi connectivity index (χ1n) is 9.59. The molecule has 0 fully saturated rings. The van der Waals surface area contributed by atoms with Crippen LogP contribution >= 0.6 is 0 Å². The molecular weight excluding hydrogens is 436 g/mol. The van der Waals surface area contributed by atoms with Crippen molar-refractivity contribution in [3.8, 4) is 17.7 Å². The van der Waals surface area contributed by atoms with Crippen LogP contribution < -0.4 is 21.5 Å². The van der Waals surface area contributed by atoms with Crippen molar-refractivity contribution in [1.29, 1.82) is 5.26 Å². The number of nitriles is 1. The Morgan fingerprint density at radius 1 is 1.16 bits per heavy atom. The number of guanidine groups is 1. The summed E-state index contributed by atoms with van der Waals surface area (Å²) in [6.45, 7) is 0.327. The Bertz CT molecular complexity index is 1070. The monoisotopic (exact) mass is 460 g/mol. The average Bonchev–Trinajstić information content (AvgIpc) is 2.77. The van der Waals surface area contributed by atoms with Gasteiger partial charge in [0.15, 0.2) is 0 Å². The molecule has 2 aromatic carbocycles. The predicted molar refractivity (Wildman–Crippen MR) is 116 cm³/mol. The second-order valence-electron chi connectivity index (χ2n) is 6.55. The molecule has 0 aliphatic heterocycles. The lowest BCUT2D eigenvalue weighted by molar-refractivity contribution is -0.133. The van der Waals surface area contributed by atoms with Gasteiger partial charge < -0.3 is 16.2 Å². The first kappa shape index (κ1) is 24.8. The number of hydroxylamine groups is 1. The van der Waals surface area contributed by atoms with Crippen LogP contribution in [0, 0.1) is 11.5 Å². The topological polar surface area (TPSA) is 184 Å². The van der Waals surface area contributed by atoms with Crippen LogP contribution in [0.5, 0.6) is 11.5 Å². The molecule has 0 bridgehead atoms. The van der Waals surface area contributed by atoms with Crippen LogP contribution in [-0.4, -0.2) is 42.5 Å². The van der Waals surface area contributed by atoms with Gasteiger partial charge in [-0.05, 0) is 62.2 Å². The number of nitrogens with zero attached hydrogens (tertiary/aromatic N) is 3. The zero-order valence-corrected chi connectivity index (χ0v) is 17.9. The summed E-state index contributed by atoms with van der Waals surface area (Å²) in [4.78, 5) is 15.4. The van der Waals surface area contributed by atoms with Gasteiger partial charge in [0.05, 0.1) is 4.90 Å². The first-order chi connectivity index (χ1) is 15.3. The molecule has 2 rings (SSSR count). The Hall–Kier alpha value is -3.50. The number of hydrogen-bond donors (Lipinski definition) is 4. The van der Waals surface area contributed by atoms with E-state index in [1.54, 1.807) is 24.3 Å². The van der Waals surface area contributed by atoms with Gasteiger partial charge in [-0.2, -0.15) is 5.26 Å². The molecule has 0 unspecified atom stereocenters. The number of hydrogen-bond acceptors (Lipinski definition) is 8. The van der Waals surface area contributed by atoms with E-state index in [1.807, 2.05) is 6.07 Å². The second kappa shape index (κ2) is 11.8. The summed E-state index contributed by atoms with van der Waals surface area (Å²) < 4.78 is 31.4. The number of aliphatic imine (C=N–C) groups is 1. The summed E-state index contributed by atoms with van der Waals surface area (Å²) in [6, 6.07) is 12.7. The van der Waals surface area contributed by atoms with Crippen molar-refractivity contribution in [2.24, 2.45) is 16.5 Å². The third-order valence-corrected chi connectivity index (χ3v) is 5.88. The fourth-order valence-electron chi connectivity index (χ4n) is 2.69. The van der Waals surface area contributed by atoms with Gasteiger partial charge in [-0.1, -0.05) is 22.7 Å². The van der Waals surface area contributed by atoms with Crippen molar-refractivity contribution >= 4 is 21.9 Å². The van der Waals surface area contributed by atoms with Gasteiger partial charge in [-0.3, -0.25) is 15.3 Å². The number of rotatable bonds is 10. The Balaban J connectivity index is 2.22. The molecule has 0 aliphatic carbocycles. The largest absolute Gasteiger partial charge is 0.457 e. The number of amides is 1. The van der Waals surface area contributed by atoms with Crippen molar-refractivity contribution < 1.29 is 23.2 Å². The van der Waals surface area contributed by atoms with Crippen molar-refractivity contribution in [2.45, 2.75) is 30.2 Å². The number of carbonyl (C=O) groups is 1. The van der Waals surface area contributed by atoms with E-state index < -0.39 is 27.9 Å². The quantitative estimate of drug-likeness (QED) is 0.134. The minimum absolute atomic E-state index is 0.0223. The van der Waals surface area contributed by atoms with Gasteiger partial charge >= 0.3 is 0 Å². The van der Waals surface area contributed by atoms with Crippen LogP contribution in [0.4, 0.5) is 0 Å². The van der Waals surface area contributed by atoms with E-state index in [0.29, 0.717) is 30.9 Å². The maximum absolute atomic E-state index is 12.9. The first-order valence-corrected chi connectivity index (χ1v) is 11.0. The second-order valence-corrected chi connectivity index (χ2v) is 8.35. The SMILES string of the molecule is N#C/N=C(\N)NC(=O)[C@@H](CCCCN)N(O)S(=O)(=O)c1ccc(Oc2ccccc2)cc1. The molecule has 0 aliphatic rings. The fraction of sp³-hybridized carbons (Fsp3) is 0.250. The highest BCUT2D eigenvalue weighted by molar-refractivity contribution is 7.89. The fourth-order valence-corrected chi connectivity index (χ4v) is 3.93. The normalized spacial score (nSPS) is 12.8. The summed E-state index contributed by atoms with van der Waals surface area (Å²) in [7, 11) is -4.46. The van der Waals surface area contributed by atoms with Crippen LogP contribution in [0.1, 0.15) is 19.3 Å². The molecule has 1 amide bonds. The lowest BCUT2D eigenvalue weighted by Crippen LogP contribution is -2.51. The highest BCUT2D eigenvalue weighted by Crippen LogP contribution is 2.25. The van der Waals surface area contributed by atoms with Crippen LogP contribution in [0.2, 0.25) is 0 Å². The summed E-state index contributed by atoms with van der Waals surface area (Å²) in [5.74, 6) is -0.499. The Labute approximate surface area is 185 Å². The number of sulfonamides is 1. The van der Waals surface area contributed by atoms with Gasteiger partial charge in [0, 0.05) is 0 Å². The van der Waals surface area contributed by atoms with Gasteiger partial charge in [-0.25, -0.2) is 8.42 Å². The van der Waals surface area contributed by atoms with Crippen LogP contribution in [-0.2, 0) is 14.8 Å². The molecule has 12 heteroatoms. The average molecular weight is 461 g/mol. The predicted octanol–water partition coefficient (Wildman–Crippen LogP) is 1.27.